The highest BCUT2D eigenvalue weighted by Crippen LogP contribution is 2.19. The Morgan fingerprint density at radius 2 is 1.90 bits per heavy atom. The van der Waals surface area contributed by atoms with Crippen LogP contribution < -0.4 is 10.1 Å². The first kappa shape index (κ1) is 17.0. The van der Waals surface area contributed by atoms with E-state index in [-0.39, 0.29) is 0 Å². The smallest absolute Gasteiger partial charge is 0.123 e. The van der Waals surface area contributed by atoms with Crippen LogP contribution in [0.3, 0.4) is 0 Å². The van der Waals surface area contributed by atoms with Crippen molar-refractivity contribution in [2.24, 2.45) is 0 Å². The predicted octanol–water partition coefficient (Wildman–Crippen LogP) is 2.14. The highest BCUT2D eigenvalue weighted by molar-refractivity contribution is 5.33. The number of methoxy groups -OCH3 is 2. The van der Waals surface area contributed by atoms with Crippen molar-refractivity contribution in [2.75, 3.05) is 34.4 Å². The molecule has 1 atom stereocenters. The van der Waals surface area contributed by atoms with Crippen molar-refractivity contribution in [3.05, 3.63) is 29.8 Å². The minimum absolute atomic E-state index is 0.340. The number of ether oxygens (including phenoxy) is 2. The summed E-state index contributed by atoms with van der Waals surface area (Å²) in [4.78, 5) is 2.30. The molecular weight excluding hydrogens is 252 g/mol. The van der Waals surface area contributed by atoms with E-state index in [1.807, 2.05) is 18.2 Å². The fourth-order valence-electron chi connectivity index (χ4n) is 2.14. The van der Waals surface area contributed by atoms with Crippen LogP contribution in [-0.2, 0) is 11.3 Å². The number of nitrogens with zero attached hydrogens (tertiary/aromatic N) is 1. The first-order valence-electron chi connectivity index (χ1n) is 7.13. The van der Waals surface area contributed by atoms with E-state index < -0.39 is 0 Å². The van der Waals surface area contributed by atoms with Crippen LogP contribution in [0, 0.1) is 0 Å². The molecule has 0 spiro atoms. The van der Waals surface area contributed by atoms with E-state index in [1.165, 1.54) is 5.56 Å². The van der Waals surface area contributed by atoms with E-state index in [4.69, 9.17) is 9.47 Å². The van der Waals surface area contributed by atoms with Gasteiger partial charge in [-0.05, 0) is 13.1 Å². The molecule has 4 nitrogen and oxygen atoms in total. The van der Waals surface area contributed by atoms with Crippen molar-refractivity contribution in [1.29, 1.82) is 0 Å². The standard InChI is InChI=1S/C16H28N2O2/c1-13(2)17-10-15(12-19-4)18(3)11-14-8-6-7-9-16(14)20-5/h6-9,13,15,17H,10-12H2,1-5H3. The van der Waals surface area contributed by atoms with Crippen LogP contribution in [0.2, 0.25) is 0 Å². The molecule has 0 saturated carbocycles. The Balaban J connectivity index is 2.66. The molecule has 1 N–H and O–H groups in total. The highest BCUT2D eigenvalue weighted by Gasteiger charge is 2.16. The summed E-state index contributed by atoms with van der Waals surface area (Å²) in [6.45, 7) is 6.79. The molecule has 20 heavy (non-hydrogen) atoms. The molecule has 0 aliphatic heterocycles. The van der Waals surface area contributed by atoms with Crippen LogP contribution in [0.1, 0.15) is 19.4 Å². The predicted molar refractivity (Wildman–Crippen MR) is 83.3 cm³/mol. The van der Waals surface area contributed by atoms with Crippen LogP contribution >= 0.6 is 0 Å². The van der Waals surface area contributed by atoms with E-state index in [1.54, 1.807) is 14.2 Å². The first-order valence-corrected chi connectivity index (χ1v) is 7.13. The number of hydrogen-bond acceptors (Lipinski definition) is 4. The van der Waals surface area contributed by atoms with E-state index in [0.29, 0.717) is 18.7 Å². The van der Waals surface area contributed by atoms with Crippen molar-refractivity contribution in [3.8, 4) is 5.75 Å². The Labute approximate surface area is 123 Å². The zero-order valence-corrected chi connectivity index (χ0v) is 13.3. The molecule has 114 valence electrons. The summed E-state index contributed by atoms with van der Waals surface area (Å²) >= 11 is 0. The van der Waals surface area contributed by atoms with E-state index in [2.05, 4.69) is 37.2 Å². The Morgan fingerprint density at radius 1 is 1.20 bits per heavy atom. The lowest BCUT2D eigenvalue weighted by molar-refractivity contribution is 0.0996. The molecule has 1 aromatic carbocycles. The van der Waals surface area contributed by atoms with Crippen molar-refractivity contribution in [2.45, 2.75) is 32.5 Å². The fraction of sp³-hybridized carbons (Fsp3) is 0.625. The van der Waals surface area contributed by atoms with Gasteiger partial charge < -0.3 is 14.8 Å². The van der Waals surface area contributed by atoms with Gasteiger partial charge in [-0.25, -0.2) is 0 Å². The normalized spacial score (nSPS) is 12.9. The second-order valence-electron chi connectivity index (χ2n) is 5.40. The molecule has 0 amide bonds. The summed E-state index contributed by atoms with van der Waals surface area (Å²) in [7, 11) is 5.59. The zero-order valence-electron chi connectivity index (χ0n) is 13.3. The first-order chi connectivity index (χ1) is 9.58. The number of nitrogens with one attached hydrogen (secondary N) is 1. The maximum absolute atomic E-state index is 5.41. The zero-order chi connectivity index (χ0) is 15.0. The molecule has 0 fully saturated rings. The molecule has 0 bridgehead atoms. The molecule has 0 aliphatic rings. The number of hydrogen-bond donors (Lipinski definition) is 1. The van der Waals surface area contributed by atoms with E-state index in [9.17, 15) is 0 Å². The summed E-state index contributed by atoms with van der Waals surface area (Å²) in [5.41, 5.74) is 1.20. The minimum atomic E-state index is 0.340. The molecule has 0 aliphatic carbocycles. The van der Waals surface area contributed by atoms with Crippen molar-refractivity contribution in [1.82, 2.24) is 10.2 Å². The van der Waals surface area contributed by atoms with Crippen molar-refractivity contribution < 1.29 is 9.47 Å². The lowest BCUT2D eigenvalue weighted by Gasteiger charge is -2.29. The average molecular weight is 280 g/mol. The Kier molecular flexibility index (Phi) is 7.59. The number of benzene rings is 1. The monoisotopic (exact) mass is 280 g/mol. The van der Waals surface area contributed by atoms with Gasteiger partial charge in [0.1, 0.15) is 5.75 Å². The van der Waals surface area contributed by atoms with Crippen LogP contribution in [0.4, 0.5) is 0 Å². The van der Waals surface area contributed by atoms with Gasteiger partial charge in [0.05, 0.1) is 13.7 Å². The lowest BCUT2D eigenvalue weighted by Crippen LogP contribution is -2.44. The van der Waals surface area contributed by atoms with Crippen molar-refractivity contribution in [3.63, 3.8) is 0 Å². The summed E-state index contributed by atoms with van der Waals surface area (Å²) < 4.78 is 10.7. The Morgan fingerprint density at radius 3 is 2.50 bits per heavy atom. The minimum Gasteiger partial charge on any atom is -0.496 e. The molecule has 1 unspecified atom stereocenters. The largest absolute Gasteiger partial charge is 0.496 e. The number of para-hydroxylation sites is 1. The molecule has 0 heterocycles. The number of likely N-dealkylation sites (N-methyl/N-ethyl adjacent to an activating group) is 1. The van der Waals surface area contributed by atoms with Gasteiger partial charge >= 0.3 is 0 Å². The van der Waals surface area contributed by atoms with Gasteiger partial charge in [0.25, 0.3) is 0 Å². The maximum Gasteiger partial charge on any atom is 0.123 e. The van der Waals surface area contributed by atoms with Gasteiger partial charge in [-0.3, -0.25) is 4.90 Å². The second kappa shape index (κ2) is 8.95. The SMILES string of the molecule is COCC(CNC(C)C)N(C)Cc1ccccc1OC. The third-order valence-electron chi connectivity index (χ3n) is 3.36. The maximum atomic E-state index is 5.41. The topological polar surface area (TPSA) is 33.7 Å². The van der Waals surface area contributed by atoms with Crippen LogP contribution in [0.5, 0.6) is 5.75 Å². The van der Waals surface area contributed by atoms with Gasteiger partial charge in [0.15, 0.2) is 0 Å². The second-order valence-corrected chi connectivity index (χ2v) is 5.40. The summed E-state index contributed by atoms with van der Waals surface area (Å²) in [6.07, 6.45) is 0. The Hall–Kier alpha value is -1.10. The molecule has 1 aromatic rings. The quantitative estimate of drug-likeness (QED) is 0.751. The lowest BCUT2D eigenvalue weighted by atomic mass is 10.1. The summed E-state index contributed by atoms with van der Waals surface area (Å²) in [6, 6.07) is 8.97. The van der Waals surface area contributed by atoms with Gasteiger partial charge in [-0.1, -0.05) is 32.0 Å². The summed E-state index contributed by atoms with van der Waals surface area (Å²) in [5, 5.41) is 3.47. The third kappa shape index (κ3) is 5.49. The van der Waals surface area contributed by atoms with Crippen LogP contribution in [0.25, 0.3) is 0 Å². The molecular formula is C16H28N2O2. The van der Waals surface area contributed by atoms with Gasteiger partial charge in [-0.2, -0.15) is 0 Å². The van der Waals surface area contributed by atoms with Crippen molar-refractivity contribution >= 4 is 0 Å². The summed E-state index contributed by atoms with van der Waals surface area (Å²) in [5.74, 6) is 0.937. The molecule has 1 rings (SSSR count). The number of rotatable bonds is 9. The average Bonchev–Trinajstić information content (AvgIpc) is 2.43. The molecule has 4 heteroatoms. The van der Waals surface area contributed by atoms with Crippen LogP contribution in [0.15, 0.2) is 24.3 Å². The third-order valence-corrected chi connectivity index (χ3v) is 3.36. The molecule has 0 aromatic heterocycles. The van der Waals surface area contributed by atoms with Gasteiger partial charge in [0, 0.05) is 37.8 Å². The molecule has 0 saturated heterocycles. The fourth-order valence-corrected chi connectivity index (χ4v) is 2.14. The van der Waals surface area contributed by atoms with Gasteiger partial charge in [0.2, 0.25) is 0 Å². The van der Waals surface area contributed by atoms with E-state index >= 15 is 0 Å². The molecule has 0 radical (unpaired) electrons. The Bertz CT molecular complexity index is 382. The highest BCUT2D eigenvalue weighted by atomic mass is 16.5. The van der Waals surface area contributed by atoms with Gasteiger partial charge in [-0.15, -0.1) is 0 Å². The van der Waals surface area contributed by atoms with Crippen LogP contribution in [-0.4, -0.2) is 51.4 Å². The van der Waals surface area contributed by atoms with E-state index in [0.717, 1.165) is 18.8 Å².